The fraction of sp³-hybridized carbons (Fsp3) is 0.500. The smallest absolute Gasteiger partial charge is 0.265 e. The average molecular weight is 290 g/mol. The van der Waals surface area contributed by atoms with Gasteiger partial charge in [-0.2, -0.15) is 0 Å². The number of fused-ring (bicyclic) bond motifs is 1. The van der Waals surface area contributed by atoms with Gasteiger partial charge in [0.25, 0.3) is 11.5 Å². The second kappa shape index (κ2) is 5.33. The van der Waals surface area contributed by atoms with Crippen LogP contribution in [-0.4, -0.2) is 34.6 Å². The van der Waals surface area contributed by atoms with Crippen molar-refractivity contribution in [2.75, 3.05) is 13.1 Å². The Bertz CT molecular complexity index is 740. The first-order chi connectivity index (χ1) is 10.1. The number of carbonyl (C=O) groups excluding carboxylic acids is 1. The Morgan fingerprint density at radius 3 is 3.14 bits per heavy atom. The van der Waals surface area contributed by atoms with Crippen molar-refractivity contribution < 1.29 is 9.21 Å². The summed E-state index contributed by atoms with van der Waals surface area (Å²) in [5.74, 6) is 0.128. The highest BCUT2D eigenvalue weighted by atomic mass is 16.3. The molecule has 7 nitrogen and oxygen atoms in total. The summed E-state index contributed by atoms with van der Waals surface area (Å²) >= 11 is 0. The molecular formula is C14H18N4O3. The maximum atomic E-state index is 12.4. The van der Waals surface area contributed by atoms with Crippen LogP contribution in [0, 0.1) is 6.92 Å². The lowest BCUT2D eigenvalue weighted by Crippen LogP contribution is -2.37. The molecule has 2 N–H and O–H groups in total. The maximum Gasteiger partial charge on any atom is 0.265 e. The first-order valence-corrected chi connectivity index (χ1v) is 7.04. The van der Waals surface area contributed by atoms with Gasteiger partial charge in [0.2, 0.25) is 5.71 Å². The highest BCUT2D eigenvalue weighted by molar-refractivity contribution is 6.06. The summed E-state index contributed by atoms with van der Waals surface area (Å²) in [6, 6.07) is 0.299. The number of nitrogens with one attached hydrogen (secondary N) is 2. The van der Waals surface area contributed by atoms with Crippen LogP contribution in [-0.2, 0) is 7.05 Å². The molecule has 0 aromatic carbocycles. The molecule has 0 radical (unpaired) electrons. The van der Waals surface area contributed by atoms with Crippen LogP contribution >= 0.6 is 0 Å². The maximum absolute atomic E-state index is 12.4. The van der Waals surface area contributed by atoms with Crippen molar-refractivity contribution in [2.45, 2.75) is 25.8 Å². The molecule has 0 saturated carbocycles. The summed E-state index contributed by atoms with van der Waals surface area (Å²) in [4.78, 5) is 28.6. The monoisotopic (exact) mass is 290 g/mol. The van der Waals surface area contributed by atoms with Crippen LogP contribution in [0.4, 0.5) is 0 Å². The van der Waals surface area contributed by atoms with E-state index in [1.807, 2.05) is 0 Å². The molecule has 3 rings (SSSR count). The standard InChI is InChI=1S/C14H18N4O3/c1-8-10(12(19)16-6-9-4-3-5-15-9)11-13(21-8)17-7-18(2)14(11)20/h7,9,15H,3-6H2,1-2H3,(H,16,19). The predicted molar refractivity (Wildman–Crippen MR) is 77.3 cm³/mol. The average Bonchev–Trinajstić information content (AvgIpc) is 3.07. The van der Waals surface area contributed by atoms with Crippen molar-refractivity contribution >= 4 is 17.0 Å². The summed E-state index contributed by atoms with van der Waals surface area (Å²) < 4.78 is 6.77. The summed E-state index contributed by atoms with van der Waals surface area (Å²) in [7, 11) is 1.60. The Morgan fingerprint density at radius 1 is 1.62 bits per heavy atom. The molecule has 1 aliphatic heterocycles. The third kappa shape index (κ3) is 2.44. The van der Waals surface area contributed by atoms with Gasteiger partial charge in [0.15, 0.2) is 0 Å². The lowest BCUT2D eigenvalue weighted by Gasteiger charge is -2.11. The van der Waals surface area contributed by atoms with Gasteiger partial charge in [-0.1, -0.05) is 0 Å². The minimum atomic E-state index is -0.287. The normalized spacial score (nSPS) is 18.3. The zero-order valence-corrected chi connectivity index (χ0v) is 12.1. The number of aryl methyl sites for hydroxylation is 2. The number of rotatable bonds is 3. The molecule has 0 spiro atoms. The largest absolute Gasteiger partial charge is 0.442 e. The molecule has 0 bridgehead atoms. The highest BCUT2D eigenvalue weighted by Crippen LogP contribution is 2.20. The van der Waals surface area contributed by atoms with Gasteiger partial charge in [-0.3, -0.25) is 9.59 Å². The fourth-order valence-electron chi connectivity index (χ4n) is 2.70. The summed E-state index contributed by atoms with van der Waals surface area (Å²) in [5, 5.41) is 6.43. The summed E-state index contributed by atoms with van der Waals surface area (Å²) in [5.41, 5.74) is 0.220. The van der Waals surface area contributed by atoms with Gasteiger partial charge in [0.05, 0.1) is 5.56 Å². The van der Waals surface area contributed by atoms with E-state index >= 15 is 0 Å². The number of furan rings is 1. The molecule has 0 aliphatic carbocycles. The number of hydrogen-bond donors (Lipinski definition) is 2. The fourth-order valence-corrected chi connectivity index (χ4v) is 2.70. The van der Waals surface area contributed by atoms with E-state index in [1.165, 1.54) is 10.9 Å². The van der Waals surface area contributed by atoms with E-state index in [2.05, 4.69) is 15.6 Å². The first-order valence-electron chi connectivity index (χ1n) is 7.04. The van der Waals surface area contributed by atoms with E-state index in [4.69, 9.17) is 4.42 Å². The molecule has 1 fully saturated rings. The summed E-state index contributed by atoms with van der Waals surface area (Å²) in [6.07, 6.45) is 3.56. The van der Waals surface area contributed by atoms with Gasteiger partial charge in [-0.15, -0.1) is 0 Å². The van der Waals surface area contributed by atoms with E-state index < -0.39 is 0 Å². The number of nitrogens with zero attached hydrogens (tertiary/aromatic N) is 2. The van der Waals surface area contributed by atoms with Crippen molar-refractivity contribution in [1.82, 2.24) is 20.2 Å². The van der Waals surface area contributed by atoms with Crippen LogP contribution in [0.25, 0.3) is 11.1 Å². The van der Waals surface area contributed by atoms with Gasteiger partial charge < -0.3 is 19.6 Å². The van der Waals surface area contributed by atoms with E-state index in [1.54, 1.807) is 14.0 Å². The molecule has 2 aromatic heterocycles. The Labute approximate surface area is 121 Å². The van der Waals surface area contributed by atoms with E-state index in [9.17, 15) is 9.59 Å². The van der Waals surface area contributed by atoms with E-state index in [-0.39, 0.29) is 28.1 Å². The molecule has 112 valence electrons. The van der Waals surface area contributed by atoms with Crippen molar-refractivity contribution in [1.29, 1.82) is 0 Å². The van der Waals surface area contributed by atoms with Crippen molar-refractivity contribution in [3.63, 3.8) is 0 Å². The zero-order valence-electron chi connectivity index (χ0n) is 12.1. The Hall–Kier alpha value is -2.15. The van der Waals surface area contributed by atoms with Gasteiger partial charge in [0.1, 0.15) is 17.5 Å². The summed E-state index contributed by atoms with van der Waals surface area (Å²) in [6.45, 7) is 3.20. The Balaban J connectivity index is 1.91. The number of carbonyl (C=O) groups is 1. The zero-order chi connectivity index (χ0) is 15.0. The first kappa shape index (κ1) is 13.8. The third-order valence-electron chi connectivity index (χ3n) is 3.85. The van der Waals surface area contributed by atoms with Crippen LogP contribution in [0.5, 0.6) is 0 Å². The topological polar surface area (TPSA) is 89.2 Å². The molecule has 1 unspecified atom stereocenters. The van der Waals surface area contributed by atoms with E-state index in [0.29, 0.717) is 18.3 Å². The van der Waals surface area contributed by atoms with Crippen LogP contribution in [0.1, 0.15) is 29.0 Å². The molecule has 7 heteroatoms. The minimum absolute atomic E-state index is 0.208. The van der Waals surface area contributed by atoms with Crippen LogP contribution in [0.2, 0.25) is 0 Å². The van der Waals surface area contributed by atoms with Crippen LogP contribution in [0.3, 0.4) is 0 Å². The molecule has 1 atom stereocenters. The SMILES string of the molecule is Cc1oc2ncn(C)c(=O)c2c1C(=O)NCC1CCCN1. The van der Waals surface area contributed by atoms with Gasteiger partial charge >= 0.3 is 0 Å². The van der Waals surface area contributed by atoms with Gasteiger partial charge in [-0.25, -0.2) is 4.98 Å². The van der Waals surface area contributed by atoms with Crippen LogP contribution < -0.4 is 16.2 Å². The van der Waals surface area contributed by atoms with Crippen molar-refractivity contribution in [3.05, 3.63) is 28.0 Å². The second-order valence-electron chi connectivity index (χ2n) is 5.38. The van der Waals surface area contributed by atoms with Gasteiger partial charge in [0, 0.05) is 19.6 Å². The molecule has 1 saturated heterocycles. The van der Waals surface area contributed by atoms with Crippen molar-refractivity contribution in [3.8, 4) is 0 Å². The molecule has 3 heterocycles. The Kier molecular flexibility index (Phi) is 3.50. The van der Waals surface area contributed by atoms with Gasteiger partial charge in [-0.05, 0) is 26.3 Å². The lowest BCUT2D eigenvalue weighted by atomic mass is 10.1. The van der Waals surface area contributed by atoms with Crippen LogP contribution in [0.15, 0.2) is 15.5 Å². The number of hydrogen-bond acceptors (Lipinski definition) is 5. The number of aromatic nitrogens is 2. The quantitative estimate of drug-likeness (QED) is 0.849. The minimum Gasteiger partial charge on any atom is -0.442 e. The molecular weight excluding hydrogens is 272 g/mol. The third-order valence-corrected chi connectivity index (χ3v) is 3.85. The number of amides is 1. The second-order valence-corrected chi connectivity index (χ2v) is 5.38. The predicted octanol–water partition coefficient (Wildman–Crippen LogP) is 0.317. The lowest BCUT2D eigenvalue weighted by molar-refractivity contribution is 0.0950. The highest BCUT2D eigenvalue weighted by Gasteiger charge is 2.23. The molecule has 1 aliphatic rings. The molecule has 21 heavy (non-hydrogen) atoms. The Morgan fingerprint density at radius 2 is 2.43 bits per heavy atom. The van der Waals surface area contributed by atoms with E-state index in [0.717, 1.165) is 19.4 Å². The molecule has 1 amide bonds. The van der Waals surface area contributed by atoms with Crippen molar-refractivity contribution in [2.24, 2.45) is 7.05 Å². The molecule has 2 aromatic rings.